The number of aliphatic hydroxyl groups excluding tert-OH is 1. The van der Waals surface area contributed by atoms with Gasteiger partial charge in [0.2, 0.25) is 0 Å². The summed E-state index contributed by atoms with van der Waals surface area (Å²) in [4.78, 5) is 72.8. The molecule has 0 heterocycles. The molecule has 0 saturated heterocycles. The molecule has 0 aliphatic rings. The van der Waals surface area contributed by atoms with Gasteiger partial charge in [-0.3, -0.25) is 37.3 Å². The summed E-state index contributed by atoms with van der Waals surface area (Å²) in [6.45, 7) is 4.81. The number of carbonyl (C=O) groups is 4. The number of hydrogen-bond acceptors (Lipinski definition) is 15. The van der Waals surface area contributed by atoms with Crippen molar-refractivity contribution in [3.05, 3.63) is 60.8 Å². The van der Waals surface area contributed by atoms with Crippen LogP contribution in [-0.4, -0.2) is 96.7 Å². The smallest absolute Gasteiger partial charge is 0.462 e. The van der Waals surface area contributed by atoms with Gasteiger partial charge >= 0.3 is 39.5 Å². The highest BCUT2D eigenvalue weighted by Crippen LogP contribution is 2.45. The molecule has 0 spiro atoms. The van der Waals surface area contributed by atoms with Crippen LogP contribution in [0.2, 0.25) is 0 Å². The molecular weight excluding hydrogens is 1260 g/mol. The molecule has 17 nitrogen and oxygen atoms in total. The second kappa shape index (κ2) is 70.2. The van der Waals surface area contributed by atoms with E-state index in [1.165, 1.54) is 122 Å². The van der Waals surface area contributed by atoms with Crippen molar-refractivity contribution in [3.63, 3.8) is 0 Å². The number of hydrogen-bond donors (Lipinski definition) is 3. The van der Waals surface area contributed by atoms with Crippen LogP contribution in [0.4, 0.5) is 0 Å². The Balaban J connectivity index is 5.35. The van der Waals surface area contributed by atoms with Crippen LogP contribution in [0.15, 0.2) is 60.8 Å². The molecule has 96 heavy (non-hydrogen) atoms. The third-order valence-corrected chi connectivity index (χ3v) is 18.4. The van der Waals surface area contributed by atoms with Crippen LogP contribution in [0, 0.1) is 0 Å². The Kier molecular flexibility index (Phi) is 67.8. The molecule has 0 aromatic rings. The lowest BCUT2D eigenvalue weighted by Crippen LogP contribution is -2.30. The molecule has 5 atom stereocenters. The molecule has 0 amide bonds. The number of aliphatic hydroxyl groups is 1. The quantitative estimate of drug-likeness (QED) is 0.0169. The maximum Gasteiger partial charge on any atom is 0.472 e. The maximum atomic E-state index is 13.1. The number of ether oxygens (including phenoxy) is 4. The van der Waals surface area contributed by atoms with Crippen LogP contribution in [0.5, 0.6) is 0 Å². The molecule has 2 unspecified atom stereocenters. The third kappa shape index (κ3) is 69.2. The van der Waals surface area contributed by atoms with E-state index in [9.17, 15) is 43.2 Å². The zero-order valence-corrected chi connectivity index (χ0v) is 62.8. The Bertz CT molecular complexity index is 2060. The number of unbranched alkanes of at least 4 members (excludes halogenated alkanes) is 37. The van der Waals surface area contributed by atoms with E-state index < -0.39 is 97.5 Å². The summed E-state index contributed by atoms with van der Waals surface area (Å²) < 4.78 is 68.5. The molecule has 0 aromatic carbocycles. The molecule has 0 aliphatic heterocycles. The monoisotopic (exact) mass is 1400 g/mol. The normalized spacial score (nSPS) is 14.3. The fourth-order valence-electron chi connectivity index (χ4n) is 10.5. The van der Waals surface area contributed by atoms with E-state index in [1.54, 1.807) is 0 Å². The van der Waals surface area contributed by atoms with Crippen LogP contribution in [0.3, 0.4) is 0 Å². The molecule has 3 N–H and O–H groups in total. The zero-order chi connectivity index (χ0) is 70.4. The van der Waals surface area contributed by atoms with Gasteiger partial charge in [-0.05, 0) is 116 Å². The van der Waals surface area contributed by atoms with Gasteiger partial charge in [0.1, 0.15) is 19.3 Å². The SMILES string of the molecule is CCCCC/C=C\C/C=C\CCCCCCCC(=O)O[C@H](COC(=O)CCCCCCC/C=C\CCCCCC)COP(=O)(O)OC[C@@H](O)COP(=O)(O)OC[C@@H](COC(=O)CCCCCCCCCCCCCCC)OC(=O)CCCCCCC/C=C\C/C=C\CCCCC. The Morgan fingerprint density at radius 1 is 0.292 bits per heavy atom. The fourth-order valence-corrected chi connectivity index (χ4v) is 12.1. The summed E-state index contributed by atoms with van der Waals surface area (Å²) >= 11 is 0. The van der Waals surface area contributed by atoms with E-state index in [4.69, 9.17) is 37.0 Å². The van der Waals surface area contributed by atoms with Crippen molar-refractivity contribution in [3.8, 4) is 0 Å². The topological polar surface area (TPSA) is 237 Å². The standard InChI is InChI=1S/C77H140O17P2/c1-5-9-13-17-21-25-29-33-35-39-43-47-51-55-59-63-76(81)93-72(67-87-74(79)61-57-53-49-45-41-37-31-27-23-19-15-11-7-3)69-91-95(83,84)89-65-71(78)66-90-96(85,86)92-70-73(68-88-75(80)62-58-54-50-46-42-38-32-28-24-20-16-12-8-4)94-77(82)64-60-56-52-48-44-40-36-34-30-26-22-18-14-10-6-2/h21-22,25-27,31,33-36,71-73,78H,5-20,23-24,28-30,32,37-70H2,1-4H3,(H,83,84)(H,85,86)/b25-21-,26-22-,31-27-,35-33-,36-34-/t71-,72-,73-/m1/s1. The molecule has 0 fully saturated rings. The van der Waals surface area contributed by atoms with E-state index in [-0.39, 0.29) is 25.7 Å². The van der Waals surface area contributed by atoms with Gasteiger partial charge in [-0.1, -0.05) is 268 Å². The van der Waals surface area contributed by atoms with Crippen molar-refractivity contribution >= 4 is 39.5 Å². The number of phosphoric acid groups is 2. The molecule has 0 bridgehead atoms. The van der Waals surface area contributed by atoms with E-state index in [2.05, 4.69) is 88.5 Å². The predicted octanol–water partition coefficient (Wildman–Crippen LogP) is 21.9. The van der Waals surface area contributed by atoms with Gasteiger partial charge in [-0.25, -0.2) is 9.13 Å². The predicted molar refractivity (Wildman–Crippen MR) is 390 cm³/mol. The number of allylic oxidation sites excluding steroid dienone is 10. The minimum Gasteiger partial charge on any atom is -0.462 e. The lowest BCUT2D eigenvalue weighted by Gasteiger charge is -2.21. The largest absolute Gasteiger partial charge is 0.472 e. The van der Waals surface area contributed by atoms with Gasteiger partial charge in [0, 0.05) is 25.7 Å². The van der Waals surface area contributed by atoms with Crippen molar-refractivity contribution < 1.29 is 80.2 Å². The Morgan fingerprint density at radius 2 is 0.510 bits per heavy atom. The molecule has 0 rings (SSSR count). The van der Waals surface area contributed by atoms with E-state index in [1.807, 2.05) is 0 Å². The van der Waals surface area contributed by atoms with Gasteiger partial charge in [0.05, 0.1) is 26.4 Å². The first-order valence-corrected chi connectivity index (χ1v) is 41.5. The lowest BCUT2D eigenvalue weighted by molar-refractivity contribution is -0.161. The number of rotatable bonds is 73. The van der Waals surface area contributed by atoms with Gasteiger partial charge in [-0.15, -0.1) is 0 Å². The average Bonchev–Trinajstić information content (AvgIpc) is 1.19. The minimum atomic E-state index is -4.97. The number of esters is 4. The van der Waals surface area contributed by atoms with E-state index in [0.717, 1.165) is 148 Å². The van der Waals surface area contributed by atoms with Crippen LogP contribution in [0.25, 0.3) is 0 Å². The summed E-state index contributed by atoms with van der Waals surface area (Å²) in [6.07, 6.45) is 67.7. The molecule has 0 aromatic heterocycles. The number of carbonyl (C=O) groups excluding carboxylic acids is 4. The van der Waals surface area contributed by atoms with Crippen molar-refractivity contribution in [2.24, 2.45) is 0 Å². The summed E-state index contributed by atoms with van der Waals surface area (Å²) in [7, 11) is -9.94. The van der Waals surface area contributed by atoms with Crippen molar-refractivity contribution in [2.45, 2.75) is 367 Å². The van der Waals surface area contributed by atoms with Crippen LogP contribution < -0.4 is 0 Å². The summed E-state index contributed by atoms with van der Waals surface area (Å²) in [5, 5.41) is 10.6. The summed E-state index contributed by atoms with van der Waals surface area (Å²) in [5.74, 6) is -2.19. The molecule has 0 aliphatic carbocycles. The third-order valence-electron chi connectivity index (χ3n) is 16.5. The summed E-state index contributed by atoms with van der Waals surface area (Å²) in [5.41, 5.74) is 0. The second-order valence-electron chi connectivity index (χ2n) is 25.9. The molecule has 19 heteroatoms. The highest BCUT2D eigenvalue weighted by atomic mass is 31.2. The van der Waals surface area contributed by atoms with Crippen LogP contribution in [0.1, 0.15) is 349 Å². The van der Waals surface area contributed by atoms with Crippen LogP contribution >= 0.6 is 15.6 Å². The average molecular weight is 1400 g/mol. The lowest BCUT2D eigenvalue weighted by atomic mass is 10.0. The molecule has 0 saturated carbocycles. The first-order chi connectivity index (χ1) is 46.7. The van der Waals surface area contributed by atoms with Gasteiger partial charge < -0.3 is 33.8 Å². The van der Waals surface area contributed by atoms with Crippen LogP contribution in [-0.2, 0) is 65.4 Å². The fraction of sp³-hybridized carbons (Fsp3) is 0.818. The van der Waals surface area contributed by atoms with Crippen molar-refractivity contribution in [2.75, 3.05) is 39.6 Å². The zero-order valence-electron chi connectivity index (χ0n) is 61.1. The first-order valence-electron chi connectivity index (χ1n) is 38.5. The van der Waals surface area contributed by atoms with E-state index >= 15 is 0 Å². The van der Waals surface area contributed by atoms with E-state index in [0.29, 0.717) is 25.7 Å². The van der Waals surface area contributed by atoms with Gasteiger partial charge in [0.25, 0.3) is 0 Å². The van der Waals surface area contributed by atoms with Crippen molar-refractivity contribution in [1.82, 2.24) is 0 Å². The van der Waals surface area contributed by atoms with Gasteiger partial charge in [-0.2, -0.15) is 0 Å². The Labute approximate surface area is 584 Å². The highest BCUT2D eigenvalue weighted by molar-refractivity contribution is 7.47. The second-order valence-corrected chi connectivity index (χ2v) is 28.9. The number of phosphoric ester groups is 2. The Hall–Kier alpha value is -3.24. The Morgan fingerprint density at radius 3 is 0.812 bits per heavy atom. The first kappa shape index (κ1) is 92.8. The molecule has 0 radical (unpaired) electrons. The highest BCUT2D eigenvalue weighted by Gasteiger charge is 2.30. The summed E-state index contributed by atoms with van der Waals surface area (Å²) in [6, 6.07) is 0. The maximum absolute atomic E-state index is 13.1. The van der Waals surface area contributed by atoms with Gasteiger partial charge in [0.15, 0.2) is 12.2 Å². The molecular formula is C77H140O17P2. The molecule has 560 valence electrons. The minimum absolute atomic E-state index is 0.0808. The van der Waals surface area contributed by atoms with Crippen molar-refractivity contribution in [1.29, 1.82) is 0 Å².